The van der Waals surface area contributed by atoms with Crippen molar-refractivity contribution in [2.75, 3.05) is 0 Å². The summed E-state index contributed by atoms with van der Waals surface area (Å²) in [6, 6.07) is 21.1. The van der Waals surface area contributed by atoms with E-state index >= 15 is 0 Å². The van der Waals surface area contributed by atoms with E-state index in [4.69, 9.17) is 11.6 Å². The summed E-state index contributed by atoms with van der Waals surface area (Å²) in [5.74, 6) is 6.21. The van der Waals surface area contributed by atoms with E-state index in [2.05, 4.69) is 16.8 Å². The minimum absolute atomic E-state index is 0.348. The zero-order chi connectivity index (χ0) is 22.7. The van der Waals surface area contributed by atoms with Crippen LogP contribution in [0.25, 0.3) is 10.9 Å². The summed E-state index contributed by atoms with van der Waals surface area (Å²) in [5.41, 5.74) is 2.42. The topological polar surface area (TPSA) is 71.9 Å². The van der Waals surface area contributed by atoms with Crippen LogP contribution >= 0.6 is 11.6 Å². The van der Waals surface area contributed by atoms with Crippen LogP contribution in [-0.2, 0) is 6.42 Å². The van der Waals surface area contributed by atoms with Gasteiger partial charge in [0.05, 0.1) is 16.9 Å². The molecule has 1 atom stereocenters. The Morgan fingerprint density at radius 2 is 1.75 bits per heavy atom. The third-order valence-corrected chi connectivity index (χ3v) is 5.52. The van der Waals surface area contributed by atoms with Crippen LogP contribution in [0, 0.1) is 11.8 Å². The summed E-state index contributed by atoms with van der Waals surface area (Å²) in [4.78, 5) is 39.9. The van der Waals surface area contributed by atoms with Crippen molar-refractivity contribution in [2.45, 2.75) is 19.4 Å². The lowest BCUT2D eigenvalue weighted by atomic mass is 10.1. The summed E-state index contributed by atoms with van der Waals surface area (Å²) in [6.45, 7) is 1.75. The molecular formula is C26H19ClN2O3. The van der Waals surface area contributed by atoms with E-state index in [1.807, 2.05) is 30.3 Å². The number of hydrogen-bond donors (Lipinski definition) is 1. The fourth-order valence-corrected chi connectivity index (χ4v) is 3.67. The summed E-state index contributed by atoms with van der Waals surface area (Å²) in [6.07, 6.45) is 0.604. The number of aromatic nitrogens is 2. The van der Waals surface area contributed by atoms with Crippen molar-refractivity contribution in [2.24, 2.45) is 0 Å². The second-order valence-corrected chi connectivity index (χ2v) is 7.74. The molecule has 1 N–H and O–H groups in total. The SMILES string of the molecule is CC(c1ccc(C(=O)Cl)cc1)n1c(=O)[nH]c2ccc(C#CCc3ccccc3)cc2c1=O. The average molecular weight is 443 g/mol. The Hall–Kier alpha value is -3.88. The fourth-order valence-electron chi connectivity index (χ4n) is 3.54. The molecule has 0 aliphatic carbocycles. The molecule has 0 aliphatic rings. The summed E-state index contributed by atoms with van der Waals surface area (Å²) < 4.78 is 1.17. The number of benzene rings is 3. The van der Waals surface area contributed by atoms with E-state index in [0.717, 1.165) is 5.56 Å². The highest BCUT2D eigenvalue weighted by molar-refractivity contribution is 6.67. The number of nitrogens with zero attached hydrogens (tertiary/aromatic N) is 1. The summed E-state index contributed by atoms with van der Waals surface area (Å²) in [7, 11) is 0. The molecule has 0 saturated heterocycles. The number of rotatable bonds is 4. The van der Waals surface area contributed by atoms with Gasteiger partial charge in [-0.2, -0.15) is 0 Å². The maximum absolute atomic E-state index is 13.2. The van der Waals surface area contributed by atoms with Crippen molar-refractivity contribution in [3.63, 3.8) is 0 Å². The molecule has 1 heterocycles. The van der Waals surface area contributed by atoms with Crippen LogP contribution in [0.1, 0.15) is 40.0 Å². The van der Waals surface area contributed by atoms with E-state index < -0.39 is 22.5 Å². The minimum Gasteiger partial charge on any atom is -0.307 e. The van der Waals surface area contributed by atoms with Crippen molar-refractivity contribution in [1.29, 1.82) is 0 Å². The second-order valence-electron chi connectivity index (χ2n) is 7.40. The molecule has 0 amide bonds. The molecule has 3 aromatic carbocycles. The Labute approximate surface area is 189 Å². The predicted molar refractivity (Wildman–Crippen MR) is 126 cm³/mol. The van der Waals surface area contributed by atoms with Crippen molar-refractivity contribution < 1.29 is 4.79 Å². The van der Waals surface area contributed by atoms with Crippen LogP contribution in [0.3, 0.4) is 0 Å². The normalized spacial score (nSPS) is 11.6. The monoisotopic (exact) mass is 442 g/mol. The third-order valence-electron chi connectivity index (χ3n) is 5.30. The van der Waals surface area contributed by atoms with Crippen LogP contribution in [0.4, 0.5) is 0 Å². The van der Waals surface area contributed by atoms with Gasteiger partial charge < -0.3 is 4.98 Å². The molecule has 0 bridgehead atoms. The molecule has 0 aliphatic heterocycles. The van der Waals surface area contributed by atoms with Gasteiger partial charge in [0.25, 0.3) is 10.8 Å². The average Bonchev–Trinajstić information content (AvgIpc) is 2.80. The van der Waals surface area contributed by atoms with Crippen molar-refractivity contribution in [3.8, 4) is 11.8 Å². The lowest BCUT2D eigenvalue weighted by Gasteiger charge is -2.15. The molecule has 32 heavy (non-hydrogen) atoms. The van der Waals surface area contributed by atoms with Crippen LogP contribution < -0.4 is 11.2 Å². The van der Waals surface area contributed by atoms with Crippen LogP contribution in [0.2, 0.25) is 0 Å². The van der Waals surface area contributed by atoms with Crippen LogP contribution in [0.15, 0.2) is 82.4 Å². The Morgan fingerprint density at radius 1 is 1.03 bits per heavy atom. The first kappa shape index (κ1) is 21.4. The number of hydrogen-bond acceptors (Lipinski definition) is 3. The zero-order valence-corrected chi connectivity index (χ0v) is 18.0. The van der Waals surface area contributed by atoms with Gasteiger partial charge in [0.2, 0.25) is 0 Å². The predicted octanol–water partition coefficient (Wildman–Crippen LogP) is 4.27. The number of H-pyrrole nitrogens is 1. The first-order chi connectivity index (χ1) is 15.4. The Morgan fingerprint density at radius 3 is 2.44 bits per heavy atom. The fraction of sp³-hybridized carbons (Fsp3) is 0.115. The maximum Gasteiger partial charge on any atom is 0.329 e. The first-order valence-electron chi connectivity index (χ1n) is 10.0. The molecule has 0 spiro atoms. The summed E-state index contributed by atoms with van der Waals surface area (Å²) >= 11 is 5.49. The van der Waals surface area contributed by atoms with Gasteiger partial charge in [0.1, 0.15) is 0 Å². The smallest absolute Gasteiger partial charge is 0.307 e. The number of halogens is 1. The largest absolute Gasteiger partial charge is 0.329 e. The zero-order valence-electron chi connectivity index (χ0n) is 17.3. The molecule has 0 fully saturated rings. The van der Waals surface area contributed by atoms with E-state index in [1.165, 1.54) is 4.57 Å². The van der Waals surface area contributed by atoms with E-state index in [1.54, 1.807) is 49.4 Å². The number of fused-ring (bicyclic) bond motifs is 1. The van der Waals surface area contributed by atoms with Crippen LogP contribution in [-0.4, -0.2) is 14.8 Å². The van der Waals surface area contributed by atoms with Crippen molar-refractivity contribution >= 4 is 27.7 Å². The van der Waals surface area contributed by atoms with E-state index in [-0.39, 0.29) is 0 Å². The number of carbonyl (C=O) groups excluding carboxylic acids is 1. The van der Waals surface area contributed by atoms with Gasteiger partial charge in [-0.05, 0) is 60.0 Å². The standard InChI is InChI=1S/C26H19ClN2O3/c1-17(20-11-13-21(14-12-20)24(27)30)29-25(31)22-16-19(10-15-23(22)28-26(29)32)9-5-8-18-6-3-2-4-7-18/h2-4,6-7,10-17H,8H2,1H3,(H,28,32). The third kappa shape index (κ3) is 4.41. The van der Waals surface area contributed by atoms with Gasteiger partial charge >= 0.3 is 5.69 Å². The highest BCUT2D eigenvalue weighted by Crippen LogP contribution is 2.17. The second kappa shape index (κ2) is 9.09. The van der Waals surface area contributed by atoms with Gasteiger partial charge in [-0.1, -0.05) is 54.3 Å². The van der Waals surface area contributed by atoms with Crippen molar-refractivity contribution in [1.82, 2.24) is 9.55 Å². The Bertz CT molecular complexity index is 1470. The van der Waals surface area contributed by atoms with Crippen LogP contribution in [0.5, 0.6) is 0 Å². The maximum atomic E-state index is 13.2. The lowest BCUT2D eigenvalue weighted by Crippen LogP contribution is -2.37. The molecule has 1 aromatic heterocycles. The Balaban J connectivity index is 1.70. The van der Waals surface area contributed by atoms with E-state index in [9.17, 15) is 14.4 Å². The molecule has 5 nitrogen and oxygen atoms in total. The first-order valence-corrected chi connectivity index (χ1v) is 10.4. The molecule has 1 unspecified atom stereocenters. The highest BCUT2D eigenvalue weighted by Gasteiger charge is 2.16. The molecular weight excluding hydrogens is 424 g/mol. The quantitative estimate of drug-likeness (QED) is 0.379. The molecule has 0 radical (unpaired) electrons. The van der Waals surface area contributed by atoms with Gasteiger partial charge in [-0.3, -0.25) is 14.2 Å². The summed E-state index contributed by atoms with van der Waals surface area (Å²) in [5, 5.41) is -0.179. The lowest BCUT2D eigenvalue weighted by molar-refractivity contribution is 0.108. The molecule has 6 heteroatoms. The van der Waals surface area contributed by atoms with Crippen molar-refractivity contribution in [3.05, 3.63) is 116 Å². The van der Waals surface area contributed by atoms with Gasteiger partial charge in [-0.15, -0.1) is 0 Å². The molecule has 158 valence electrons. The van der Waals surface area contributed by atoms with Gasteiger partial charge in [-0.25, -0.2) is 4.79 Å². The van der Waals surface area contributed by atoms with E-state index in [0.29, 0.717) is 34.0 Å². The molecule has 0 saturated carbocycles. The Kier molecular flexibility index (Phi) is 6.07. The highest BCUT2D eigenvalue weighted by atomic mass is 35.5. The minimum atomic E-state index is -0.564. The van der Waals surface area contributed by atoms with Gasteiger partial charge in [0.15, 0.2) is 0 Å². The molecule has 4 aromatic rings. The van der Waals surface area contributed by atoms with Gasteiger partial charge in [0, 0.05) is 17.5 Å². The molecule has 4 rings (SSSR count). The number of carbonyl (C=O) groups is 1. The number of aromatic amines is 1. The number of nitrogens with one attached hydrogen (secondary N) is 1.